The van der Waals surface area contributed by atoms with Crippen LogP contribution in [0.4, 0.5) is 0 Å². The van der Waals surface area contributed by atoms with Gasteiger partial charge in [0.1, 0.15) is 0 Å². The number of amides is 1. The van der Waals surface area contributed by atoms with Crippen LogP contribution in [0.2, 0.25) is 0 Å². The molecule has 138 valence electrons. The third-order valence-electron chi connectivity index (χ3n) is 4.70. The highest BCUT2D eigenvalue weighted by molar-refractivity contribution is 7.91. The van der Waals surface area contributed by atoms with Crippen LogP contribution in [-0.2, 0) is 19.4 Å². The fourth-order valence-corrected chi connectivity index (χ4v) is 5.07. The molecule has 5 nitrogen and oxygen atoms in total. The van der Waals surface area contributed by atoms with Gasteiger partial charge in [-0.05, 0) is 28.8 Å². The molecule has 1 heterocycles. The van der Waals surface area contributed by atoms with E-state index in [1.165, 1.54) is 6.08 Å². The number of carbonyl (C=O) groups excluding carboxylic acids is 1. The van der Waals surface area contributed by atoms with Gasteiger partial charge in [0.15, 0.2) is 9.84 Å². The van der Waals surface area contributed by atoms with E-state index < -0.39 is 9.84 Å². The molecule has 1 saturated heterocycles. The molecule has 1 fully saturated rings. The van der Waals surface area contributed by atoms with Crippen LogP contribution in [0.25, 0.3) is 16.8 Å². The van der Waals surface area contributed by atoms with Gasteiger partial charge in [0.05, 0.1) is 18.1 Å². The first kappa shape index (κ1) is 18.6. The highest BCUT2D eigenvalue weighted by Gasteiger charge is 2.33. The Labute approximate surface area is 154 Å². The van der Waals surface area contributed by atoms with Gasteiger partial charge in [-0.15, -0.1) is 0 Å². The van der Waals surface area contributed by atoms with E-state index in [1.54, 1.807) is 18.1 Å². The first-order chi connectivity index (χ1) is 12.5. The molecule has 1 aliphatic heterocycles. The molecule has 1 atom stereocenters. The van der Waals surface area contributed by atoms with E-state index in [-0.39, 0.29) is 23.5 Å². The molecule has 1 unspecified atom stereocenters. The number of benzene rings is 2. The first-order valence-corrected chi connectivity index (χ1v) is 10.5. The van der Waals surface area contributed by atoms with Gasteiger partial charge in [-0.3, -0.25) is 4.79 Å². The zero-order chi connectivity index (χ0) is 18.6. The van der Waals surface area contributed by atoms with Crippen LogP contribution in [0.5, 0.6) is 0 Å². The molecule has 0 aliphatic carbocycles. The van der Waals surface area contributed by atoms with E-state index in [9.17, 15) is 13.2 Å². The van der Waals surface area contributed by atoms with E-state index in [1.807, 2.05) is 42.5 Å². The zero-order valence-corrected chi connectivity index (χ0v) is 15.6. The van der Waals surface area contributed by atoms with Crippen molar-refractivity contribution in [2.45, 2.75) is 12.5 Å². The van der Waals surface area contributed by atoms with Crippen LogP contribution in [0.1, 0.15) is 12.0 Å². The number of methoxy groups -OCH3 is 1. The Kier molecular flexibility index (Phi) is 5.74. The van der Waals surface area contributed by atoms with Crippen molar-refractivity contribution in [1.82, 2.24) is 4.90 Å². The van der Waals surface area contributed by atoms with Crippen molar-refractivity contribution >= 4 is 32.6 Å². The summed E-state index contributed by atoms with van der Waals surface area (Å²) in [4.78, 5) is 14.4. The Morgan fingerprint density at radius 3 is 2.73 bits per heavy atom. The molecule has 6 heteroatoms. The summed E-state index contributed by atoms with van der Waals surface area (Å²) in [6.07, 6.45) is 3.82. The lowest BCUT2D eigenvalue weighted by Gasteiger charge is -2.26. The van der Waals surface area contributed by atoms with E-state index in [4.69, 9.17) is 4.74 Å². The van der Waals surface area contributed by atoms with Gasteiger partial charge >= 0.3 is 0 Å². The number of hydrogen-bond acceptors (Lipinski definition) is 4. The Hall–Kier alpha value is -2.18. The lowest BCUT2D eigenvalue weighted by Crippen LogP contribution is -2.42. The molecule has 3 rings (SSSR count). The number of hydrogen-bond donors (Lipinski definition) is 0. The van der Waals surface area contributed by atoms with Gasteiger partial charge in [-0.2, -0.15) is 0 Å². The van der Waals surface area contributed by atoms with Gasteiger partial charge < -0.3 is 9.64 Å². The Morgan fingerprint density at radius 1 is 1.23 bits per heavy atom. The summed E-state index contributed by atoms with van der Waals surface area (Å²) in [5.41, 5.74) is 0.960. The minimum atomic E-state index is -3.05. The number of rotatable bonds is 6. The monoisotopic (exact) mass is 373 g/mol. The van der Waals surface area contributed by atoms with Gasteiger partial charge in [0.25, 0.3) is 0 Å². The Bertz CT molecular complexity index is 915. The van der Waals surface area contributed by atoms with Crippen molar-refractivity contribution in [3.05, 3.63) is 54.1 Å². The minimum Gasteiger partial charge on any atom is -0.383 e. The summed E-state index contributed by atoms with van der Waals surface area (Å²) in [6, 6.07) is 13.7. The van der Waals surface area contributed by atoms with Crippen molar-refractivity contribution in [2.24, 2.45) is 0 Å². The second-order valence-corrected chi connectivity index (χ2v) is 8.71. The summed E-state index contributed by atoms with van der Waals surface area (Å²) in [7, 11) is -1.48. The SMILES string of the molecule is COCCN(C(=O)/C=C/c1cccc2ccccc12)C1CCS(=O)(=O)C1. The molecule has 0 N–H and O–H groups in total. The van der Waals surface area contributed by atoms with Crippen LogP contribution in [0.3, 0.4) is 0 Å². The van der Waals surface area contributed by atoms with Crippen LogP contribution < -0.4 is 0 Å². The maximum absolute atomic E-state index is 12.7. The minimum absolute atomic E-state index is 0.0323. The highest BCUT2D eigenvalue weighted by atomic mass is 32.2. The fraction of sp³-hybridized carbons (Fsp3) is 0.350. The summed E-state index contributed by atoms with van der Waals surface area (Å²) in [5.74, 6) is -0.0106. The number of sulfone groups is 1. The molecular weight excluding hydrogens is 350 g/mol. The third kappa shape index (κ3) is 4.31. The van der Waals surface area contributed by atoms with Crippen molar-refractivity contribution in [3.63, 3.8) is 0 Å². The van der Waals surface area contributed by atoms with Crippen LogP contribution in [0.15, 0.2) is 48.5 Å². The predicted octanol–water partition coefficient (Wildman–Crippen LogP) is 2.52. The first-order valence-electron chi connectivity index (χ1n) is 8.66. The molecule has 0 radical (unpaired) electrons. The molecule has 0 bridgehead atoms. The topological polar surface area (TPSA) is 63.7 Å². The normalized spacial score (nSPS) is 19.2. The van der Waals surface area contributed by atoms with Gasteiger partial charge in [0, 0.05) is 25.8 Å². The average molecular weight is 373 g/mol. The van der Waals surface area contributed by atoms with Crippen molar-refractivity contribution in [1.29, 1.82) is 0 Å². The maximum atomic E-state index is 12.7. The quantitative estimate of drug-likeness (QED) is 0.730. The number of ether oxygens (including phenoxy) is 1. The lowest BCUT2D eigenvalue weighted by atomic mass is 10.0. The summed E-state index contributed by atoms with van der Waals surface area (Å²) in [5, 5.41) is 2.19. The van der Waals surface area contributed by atoms with Crippen LogP contribution >= 0.6 is 0 Å². The second-order valence-electron chi connectivity index (χ2n) is 6.48. The smallest absolute Gasteiger partial charge is 0.246 e. The van der Waals surface area contributed by atoms with Gasteiger partial charge in [0.2, 0.25) is 5.91 Å². The average Bonchev–Trinajstić information content (AvgIpc) is 2.99. The molecule has 0 spiro atoms. The number of nitrogens with zero attached hydrogens (tertiary/aromatic N) is 1. The standard InChI is InChI=1S/C20H23NO4S/c1-25-13-12-21(18-11-14-26(23,24)15-18)20(22)10-9-17-7-4-6-16-5-2-3-8-19(16)17/h2-10,18H,11-15H2,1H3/b10-9+. The van der Waals surface area contributed by atoms with E-state index in [2.05, 4.69) is 0 Å². The van der Waals surface area contributed by atoms with E-state index >= 15 is 0 Å². The predicted molar refractivity (Wildman–Crippen MR) is 104 cm³/mol. The Morgan fingerprint density at radius 2 is 2.00 bits per heavy atom. The molecule has 1 aliphatic rings. The zero-order valence-electron chi connectivity index (χ0n) is 14.8. The van der Waals surface area contributed by atoms with Crippen molar-refractivity contribution in [3.8, 4) is 0 Å². The van der Waals surface area contributed by atoms with Crippen LogP contribution in [-0.4, -0.2) is 57.0 Å². The number of carbonyl (C=O) groups is 1. The van der Waals surface area contributed by atoms with E-state index in [0.29, 0.717) is 19.6 Å². The second kappa shape index (κ2) is 8.01. The fourth-order valence-electron chi connectivity index (χ4n) is 3.34. The third-order valence-corrected chi connectivity index (χ3v) is 6.45. The Balaban J connectivity index is 1.81. The van der Waals surface area contributed by atoms with Crippen LogP contribution in [0, 0.1) is 0 Å². The highest BCUT2D eigenvalue weighted by Crippen LogP contribution is 2.21. The molecule has 2 aromatic rings. The molecule has 2 aromatic carbocycles. The summed E-state index contributed by atoms with van der Waals surface area (Å²) >= 11 is 0. The van der Waals surface area contributed by atoms with E-state index in [0.717, 1.165) is 16.3 Å². The van der Waals surface area contributed by atoms with Gasteiger partial charge in [-0.1, -0.05) is 42.5 Å². The molecule has 0 saturated carbocycles. The molecule has 1 amide bonds. The summed E-state index contributed by atoms with van der Waals surface area (Å²) in [6.45, 7) is 0.764. The maximum Gasteiger partial charge on any atom is 0.246 e. The van der Waals surface area contributed by atoms with Gasteiger partial charge in [-0.25, -0.2) is 8.42 Å². The largest absolute Gasteiger partial charge is 0.383 e. The molecule has 26 heavy (non-hydrogen) atoms. The lowest BCUT2D eigenvalue weighted by molar-refractivity contribution is -0.128. The van der Waals surface area contributed by atoms with Crippen molar-refractivity contribution in [2.75, 3.05) is 31.8 Å². The molecule has 0 aromatic heterocycles. The molecular formula is C20H23NO4S. The van der Waals surface area contributed by atoms with Crippen molar-refractivity contribution < 1.29 is 17.9 Å². The number of fused-ring (bicyclic) bond motifs is 1. The summed E-state index contributed by atoms with van der Waals surface area (Å²) < 4.78 is 28.6.